The Morgan fingerprint density at radius 1 is 1.19 bits per heavy atom. The third-order valence-corrected chi connectivity index (χ3v) is 5.83. The third kappa shape index (κ3) is 3.58. The number of anilines is 1. The number of amides is 2. The van der Waals surface area contributed by atoms with E-state index in [-0.39, 0.29) is 23.7 Å². The first-order valence-corrected chi connectivity index (χ1v) is 10.4. The number of hydrogen-bond acceptors (Lipinski definition) is 5. The normalized spacial score (nSPS) is 15.9. The van der Waals surface area contributed by atoms with Crippen LogP contribution in [0, 0.1) is 0 Å². The molecule has 5 rings (SSSR count). The van der Waals surface area contributed by atoms with E-state index in [0.29, 0.717) is 30.6 Å². The molecule has 1 saturated heterocycles. The molecule has 0 aliphatic carbocycles. The summed E-state index contributed by atoms with van der Waals surface area (Å²) in [6.07, 6.45) is 7.60. The average Bonchev–Trinajstić information content (AvgIpc) is 3.53. The number of hydrogen-bond donors (Lipinski definition) is 3. The Hall–Kier alpha value is -4.14. The zero-order valence-corrected chi connectivity index (χ0v) is 17.6. The number of carbonyl (C=O) groups is 2. The molecule has 4 aromatic rings. The quantitative estimate of drug-likeness (QED) is 0.459. The lowest BCUT2D eigenvalue weighted by Crippen LogP contribution is -2.38. The minimum absolute atomic E-state index is 0.0426. The van der Waals surface area contributed by atoms with Gasteiger partial charge in [-0.3, -0.25) is 14.3 Å². The van der Waals surface area contributed by atoms with Crippen LogP contribution in [0.1, 0.15) is 27.1 Å². The summed E-state index contributed by atoms with van der Waals surface area (Å²) in [5.74, 6) is -0.175. The SMILES string of the molecule is Cn1cc(-c2cnc(N)c(C(=O)NC3CCN(C(=O)c4c[nH]c5ccccc45)C3)c2)cn1. The fourth-order valence-corrected chi connectivity index (χ4v) is 4.13. The van der Waals surface area contributed by atoms with E-state index in [1.165, 1.54) is 0 Å². The van der Waals surface area contributed by atoms with Gasteiger partial charge >= 0.3 is 0 Å². The van der Waals surface area contributed by atoms with Crippen LogP contribution in [-0.2, 0) is 7.05 Å². The number of nitrogen functional groups attached to an aromatic ring is 1. The summed E-state index contributed by atoms with van der Waals surface area (Å²) in [6.45, 7) is 1.02. The molecule has 162 valence electrons. The second-order valence-electron chi connectivity index (χ2n) is 8.02. The van der Waals surface area contributed by atoms with Gasteiger partial charge in [0.2, 0.25) is 0 Å². The fourth-order valence-electron chi connectivity index (χ4n) is 4.13. The van der Waals surface area contributed by atoms with Crippen LogP contribution >= 0.6 is 0 Å². The van der Waals surface area contributed by atoms with E-state index < -0.39 is 0 Å². The number of nitrogens with one attached hydrogen (secondary N) is 2. The van der Waals surface area contributed by atoms with E-state index in [9.17, 15) is 9.59 Å². The number of nitrogens with zero attached hydrogens (tertiary/aromatic N) is 4. The highest BCUT2D eigenvalue weighted by molar-refractivity contribution is 6.07. The van der Waals surface area contributed by atoms with Crippen molar-refractivity contribution in [3.05, 3.63) is 66.2 Å². The monoisotopic (exact) mass is 429 g/mol. The van der Waals surface area contributed by atoms with E-state index in [4.69, 9.17) is 5.73 Å². The molecule has 1 unspecified atom stereocenters. The average molecular weight is 429 g/mol. The zero-order chi connectivity index (χ0) is 22.2. The van der Waals surface area contributed by atoms with Crippen molar-refractivity contribution in [1.82, 2.24) is 30.0 Å². The molecule has 0 radical (unpaired) electrons. The molecule has 32 heavy (non-hydrogen) atoms. The largest absolute Gasteiger partial charge is 0.383 e. The van der Waals surface area contributed by atoms with Gasteiger partial charge in [0.15, 0.2) is 0 Å². The highest BCUT2D eigenvalue weighted by atomic mass is 16.2. The van der Waals surface area contributed by atoms with Crippen LogP contribution in [0.5, 0.6) is 0 Å². The Bertz CT molecular complexity index is 1320. The lowest BCUT2D eigenvalue weighted by Gasteiger charge is -2.17. The maximum absolute atomic E-state index is 13.0. The van der Waals surface area contributed by atoms with Crippen LogP contribution in [0.2, 0.25) is 0 Å². The number of rotatable bonds is 4. The minimum atomic E-state index is -0.299. The van der Waals surface area contributed by atoms with Crippen molar-refractivity contribution >= 4 is 28.5 Å². The number of fused-ring (bicyclic) bond motifs is 1. The second kappa shape index (κ2) is 7.84. The molecule has 2 amide bonds. The Kier molecular flexibility index (Phi) is 4.85. The van der Waals surface area contributed by atoms with Crippen LogP contribution in [0.25, 0.3) is 22.0 Å². The van der Waals surface area contributed by atoms with E-state index >= 15 is 0 Å². The molecule has 1 aliphatic heterocycles. The van der Waals surface area contributed by atoms with Gasteiger partial charge in [0.1, 0.15) is 5.82 Å². The first-order valence-electron chi connectivity index (χ1n) is 10.4. The van der Waals surface area contributed by atoms with Crippen molar-refractivity contribution in [2.75, 3.05) is 18.8 Å². The summed E-state index contributed by atoms with van der Waals surface area (Å²) in [4.78, 5) is 35.1. The molecule has 0 saturated carbocycles. The number of pyridine rings is 1. The summed E-state index contributed by atoms with van der Waals surface area (Å²) in [5, 5.41) is 8.06. The molecular weight excluding hydrogens is 406 g/mol. The number of aromatic nitrogens is 4. The molecule has 0 bridgehead atoms. The van der Waals surface area contributed by atoms with E-state index in [0.717, 1.165) is 22.0 Å². The molecule has 4 N–H and O–H groups in total. The maximum Gasteiger partial charge on any atom is 0.256 e. The van der Waals surface area contributed by atoms with Gasteiger partial charge < -0.3 is 20.9 Å². The smallest absolute Gasteiger partial charge is 0.256 e. The van der Waals surface area contributed by atoms with Crippen molar-refractivity contribution in [2.45, 2.75) is 12.5 Å². The van der Waals surface area contributed by atoms with Gasteiger partial charge in [0.25, 0.3) is 11.8 Å². The van der Waals surface area contributed by atoms with Gasteiger partial charge in [-0.1, -0.05) is 18.2 Å². The van der Waals surface area contributed by atoms with Crippen molar-refractivity contribution in [3.63, 3.8) is 0 Å². The van der Waals surface area contributed by atoms with Crippen LogP contribution in [0.4, 0.5) is 5.82 Å². The highest BCUT2D eigenvalue weighted by Gasteiger charge is 2.29. The number of aryl methyl sites for hydroxylation is 1. The fraction of sp³-hybridized carbons (Fsp3) is 0.217. The van der Waals surface area contributed by atoms with Gasteiger partial charge in [-0.05, 0) is 18.6 Å². The first-order chi connectivity index (χ1) is 15.5. The number of benzene rings is 1. The molecule has 1 aliphatic rings. The summed E-state index contributed by atoms with van der Waals surface area (Å²) in [5.41, 5.74) is 9.48. The molecule has 9 nitrogen and oxygen atoms in total. The second-order valence-corrected chi connectivity index (χ2v) is 8.02. The number of aromatic amines is 1. The van der Waals surface area contributed by atoms with Crippen molar-refractivity contribution in [3.8, 4) is 11.1 Å². The number of nitrogens with two attached hydrogens (primary N) is 1. The molecule has 0 spiro atoms. The number of likely N-dealkylation sites (tertiary alicyclic amines) is 1. The van der Waals surface area contributed by atoms with Gasteiger partial charge in [0, 0.05) is 66.8 Å². The van der Waals surface area contributed by atoms with Crippen LogP contribution in [-0.4, -0.2) is 55.6 Å². The van der Waals surface area contributed by atoms with Crippen LogP contribution in [0.15, 0.2) is 55.1 Å². The summed E-state index contributed by atoms with van der Waals surface area (Å²) in [7, 11) is 1.82. The van der Waals surface area contributed by atoms with Gasteiger partial charge in [-0.15, -0.1) is 0 Å². The van der Waals surface area contributed by atoms with Crippen molar-refractivity contribution in [1.29, 1.82) is 0 Å². The van der Waals surface area contributed by atoms with Crippen LogP contribution in [0.3, 0.4) is 0 Å². The van der Waals surface area contributed by atoms with Crippen molar-refractivity contribution in [2.24, 2.45) is 7.05 Å². The van der Waals surface area contributed by atoms with Gasteiger partial charge in [0.05, 0.1) is 17.3 Å². The molecule has 1 atom stereocenters. The molecule has 9 heteroatoms. The molecule has 1 fully saturated rings. The Labute approximate surface area is 184 Å². The molecule has 1 aromatic carbocycles. The summed E-state index contributed by atoms with van der Waals surface area (Å²) in [6, 6.07) is 9.28. The Morgan fingerprint density at radius 3 is 2.84 bits per heavy atom. The first kappa shape index (κ1) is 19.8. The predicted molar refractivity (Wildman–Crippen MR) is 121 cm³/mol. The number of para-hydroxylation sites is 1. The van der Waals surface area contributed by atoms with E-state index in [1.54, 1.807) is 34.2 Å². The molecular formula is C23H23N7O2. The van der Waals surface area contributed by atoms with Gasteiger partial charge in [-0.2, -0.15) is 5.10 Å². The van der Waals surface area contributed by atoms with Crippen molar-refractivity contribution < 1.29 is 9.59 Å². The van der Waals surface area contributed by atoms with Gasteiger partial charge in [-0.25, -0.2) is 4.98 Å². The maximum atomic E-state index is 13.0. The highest BCUT2D eigenvalue weighted by Crippen LogP contribution is 2.23. The minimum Gasteiger partial charge on any atom is -0.383 e. The standard InChI is InChI=1S/C23H23N7O2/c1-29-12-15(10-27-29)14-8-18(21(24)26-9-14)22(31)28-16-6-7-30(13-16)23(32)19-11-25-20-5-3-2-4-17(19)20/h2-5,8-12,16,25H,6-7,13H2,1H3,(H2,24,26)(H,28,31). The third-order valence-electron chi connectivity index (χ3n) is 5.83. The lowest BCUT2D eigenvalue weighted by atomic mass is 10.1. The van der Waals surface area contributed by atoms with Crippen LogP contribution < -0.4 is 11.1 Å². The predicted octanol–water partition coefficient (Wildman–Crippen LogP) is 2.19. The van der Waals surface area contributed by atoms with E-state index in [2.05, 4.69) is 20.4 Å². The number of carbonyl (C=O) groups excluding carboxylic acids is 2. The summed E-state index contributed by atoms with van der Waals surface area (Å²) >= 11 is 0. The number of H-pyrrole nitrogens is 1. The molecule has 3 aromatic heterocycles. The molecule has 4 heterocycles. The summed E-state index contributed by atoms with van der Waals surface area (Å²) < 4.78 is 1.68. The Morgan fingerprint density at radius 2 is 2.03 bits per heavy atom. The Balaban J connectivity index is 1.28. The van der Waals surface area contributed by atoms with E-state index in [1.807, 2.05) is 37.5 Å². The zero-order valence-electron chi connectivity index (χ0n) is 17.6. The topological polar surface area (TPSA) is 122 Å². The lowest BCUT2D eigenvalue weighted by molar-refractivity contribution is 0.0785.